The first-order valence-electron chi connectivity index (χ1n) is 18.9. The van der Waals surface area contributed by atoms with E-state index in [1.165, 1.54) is 88.5 Å². The van der Waals surface area contributed by atoms with Gasteiger partial charge < -0.3 is 0 Å². The summed E-state index contributed by atoms with van der Waals surface area (Å²) in [6, 6.07) is 40.2. The van der Waals surface area contributed by atoms with Crippen molar-refractivity contribution in [2.75, 3.05) is 0 Å². The summed E-state index contributed by atoms with van der Waals surface area (Å²) in [6.45, 7) is 4.74. The van der Waals surface area contributed by atoms with Gasteiger partial charge in [0, 0.05) is 50.8 Å². The molecule has 12 rings (SSSR count). The van der Waals surface area contributed by atoms with Crippen LogP contribution >= 0.6 is 0 Å². The van der Waals surface area contributed by atoms with E-state index in [1.807, 2.05) is 12.3 Å². The predicted molar refractivity (Wildman–Crippen MR) is 209 cm³/mol. The molecule has 0 aliphatic heterocycles. The maximum absolute atomic E-state index is 5.50. The summed E-state index contributed by atoms with van der Waals surface area (Å²) >= 11 is 0. The van der Waals surface area contributed by atoms with Crippen LogP contribution in [0.2, 0.25) is 0 Å². The average molecular weight is 660 g/mol. The molecule has 4 bridgehead atoms. The van der Waals surface area contributed by atoms with E-state index in [2.05, 4.69) is 128 Å². The largest absolute Gasteiger partial charge is 0.256 e. The Kier molecular flexibility index (Phi) is 6.19. The van der Waals surface area contributed by atoms with Crippen LogP contribution in [0.4, 0.5) is 0 Å². The summed E-state index contributed by atoms with van der Waals surface area (Å²) in [5.41, 5.74) is 15.8. The van der Waals surface area contributed by atoms with Gasteiger partial charge in [-0.25, -0.2) is 4.98 Å². The third-order valence-corrected chi connectivity index (χ3v) is 13.2. The van der Waals surface area contributed by atoms with Gasteiger partial charge >= 0.3 is 0 Å². The number of aromatic nitrogens is 3. The highest BCUT2D eigenvalue weighted by Crippen LogP contribution is 2.60. The number of nitrogens with zero attached hydrogens (tertiary/aromatic N) is 3. The Hall–Kier alpha value is -5.15. The molecule has 3 nitrogen and oxygen atoms in total. The zero-order valence-corrected chi connectivity index (χ0v) is 29.4. The summed E-state index contributed by atoms with van der Waals surface area (Å²) in [5, 5.41) is 2.33. The van der Waals surface area contributed by atoms with Gasteiger partial charge in [0.1, 0.15) is 0 Å². The predicted octanol–water partition coefficient (Wildman–Crippen LogP) is 12.0. The van der Waals surface area contributed by atoms with Crippen LogP contribution in [-0.2, 0) is 10.8 Å². The van der Waals surface area contributed by atoms with Gasteiger partial charge in [-0.15, -0.1) is 0 Å². The number of benzene rings is 4. The summed E-state index contributed by atoms with van der Waals surface area (Å²) in [4.78, 5) is 15.4. The van der Waals surface area contributed by atoms with Gasteiger partial charge in [-0.3, -0.25) is 9.97 Å². The van der Waals surface area contributed by atoms with Gasteiger partial charge in [0.2, 0.25) is 0 Å². The van der Waals surface area contributed by atoms with Gasteiger partial charge in [-0.05, 0) is 138 Å². The Morgan fingerprint density at radius 2 is 1.29 bits per heavy atom. The molecule has 0 spiro atoms. The number of hydrogen-bond acceptors (Lipinski definition) is 3. The molecule has 0 radical (unpaired) electrons. The lowest BCUT2D eigenvalue weighted by Crippen LogP contribution is -2.48. The molecule has 0 unspecified atom stereocenters. The number of fused-ring (bicyclic) bond motifs is 6. The van der Waals surface area contributed by atoms with Crippen LogP contribution in [-0.4, -0.2) is 15.0 Å². The topological polar surface area (TPSA) is 38.7 Å². The first-order chi connectivity index (χ1) is 24.9. The molecule has 4 saturated carbocycles. The Morgan fingerprint density at radius 3 is 2.10 bits per heavy atom. The first kappa shape index (κ1) is 29.6. The van der Waals surface area contributed by atoms with Crippen LogP contribution < -0.4 is 0 Å². The Morgan fingerprint density at radius 1 is 0.549 bits per heavy atom. The van der Waals surface area contributed by atoms with E-state index in [0.29, 0.717) is 0 Å². The van der Waals surface area contributed by atoms with Crippen LogP contribution in [0.3, 0.4) is 0 Å². The van der Waals surface area contributed by atoms with Gasteiger partial charge in [0.05, 0.1) is 16.7 Å². The lowest BCUT2D eigenvalue weighted by molar-refractivity contribution is -0.00705. The van der Waals surface area contributed by atoms with E-state index in [0.717, 1.165) is 51.0 Å². The van der Waals surface area contributed by atoms with E-state index < -0.39 is 0 Å². The highest BCUT2D eigenvalue weighted by molar-refractivity contribution is 6.04. The van der Waals surface area contributed by atoms with Crippen molar-refractivity contribution < 1.29 is 0 Å². The molecule has 248 valence electrons. The Balaban J connectivity index is 1.06. The molecule has 51 heavy (non-hydrogen) atoms. The van der Waals surface area contributed by atoms with Crippen molar-refractivity contribution in [2.45, 2.75) is 63.2 Å². The highest BCUT2D eigenvalue weighted by Gasteiger charge is 2.52. The Labute approximate surface area is 299 Å². The second kappa shape index (κ2) is 10.7. The molecular weight excluding hydrogens is 619 g/mol. The smallest absolute Gasteiger partial charge is 0.0968 e. The van der Waals surface area contributed by atoms with Gasteiger partial charge in [-0.1, -0.05) is 80.6 Å². The van der Waals surface area contributed by atoms with E-state index in [1.54, 1.807) is 0 Å². The van der Waals surface area contributed by atoms with E-state index in [-0.39, 0.29) is 10.8 Å². The lowest BCUT2D eigenvalue weighted by Gasteiger charge is -2.56. The van der Waals surface area contributed by atoms with Crippen molar-refractivity contribution in [1.82, 2.24) is 15.0 Å². The molecule has 0 saturated heterocycles. The molecule has 0 N–H and O–H groups in total. The van der Waals surface area contributed by atoms with Crippen molar-refractivity contribution in [1.29, 1.82) is 0 Å². The van der Waals surface area contributed by atoms with Gasteiger partial charge in [0.15, 0.2) is 0 Å². The standard InChI is InChI=1S/C48H41N3/c1-47(2)40-11-4-3-10-38(40)44-39(33-8-7-9-34(21-33)42-12-5-6-17-49-42)23-36(24-41(44)47)37-22-35-14-13-32-15-16-43(51-46(32)45(35)50-28-37)48-25-29-18-30(26-48)20-31(19-29)27-48/h3-17,21-24,28-31H,18-20,25-27H2,1-2H3. The van der Waals surface area contributed by atoms with Gasteiger partial charge in [-0.2, -0.15) is 0 Å². The second-order valence-corrected chi connectivity index (χ2v) is 16.7. The van der Waals surface area contributed by atoms with Crippen LogP contribution in [0.1, 0.15) is 69.2 Å². The molecular formula is C48H41N3. The van der Waals surface area contributed by atoms with Crippen molar-refractivity contribution >= 4 is 21.8 Å². The molecule has 3 heteroatoms. The van der Waals surface area contributed by atoms with Crippen LogP contribution in [0.15, 0.2) is 122 Å². The summed E-state index contributed by atoms with van der Waals surface area (Å²) in [6.07, 6.45) is 12.3. The molecule has 3 aromatic heterocycles. The van der Waals surface area contributed by atoms with E-state index in [9.17, 15) is 0 Å². The SMILES string of the molecule is CC1(C)c2ccccc2-c2c(-c3cccc(-c4ccccn4)c3)cc(-c3cnc4c(ccc5ccc(C67CC8CC(CC(C8)C6)C7)nc54)c3)cc21. The molecule has 3 heterocycles. The van der Waals surface area contributed by atoms with Crippen LogP contribution in [0.5, 0.6) is 0 Å². The molecule has 5 aliphatic carbocycles. The average Bonchev–Trinajstić information content (AvgIpc) is 3.39. The molecule has 0 atom stereocenters. The van der Waals surface area contributed by atoms with Crippen LogP contribution in [0.25, 0.3) is 66.4 Å². The van der Waals surface area contributed by atoms with Crippen molar-refractivity contribution in [3.8, 4) is 44.6 Å². The van der Waals surface area contributed by atoms with E-state index in [4.69, 9.17) is 9.97 Å². The summed E-state index contributed by atoms with van der Waals surface area (Å²) < 4.78 is 0. The van der Waals surface area contributed by atoms with Crippen LogP contribution in [0, 0.1) is 17.8 Å². The minimum atomic E-state index is -0.132. The quantitative estimate of drug-likeness (QED) is 0.177. The third kappa shape index (κ3) is 4.46. The molecule has 4 aromatic carbocycles. The minimum Gasteiger partial charge on any atom is -0.256 e. The normalized spacial score (nSPS) is 23.8. The summed E-state index contributed by atoms with van der Waals surface area (Å²) in [7, 11) is 0. The number of hydrogen-bond donors (Lipinski definition) is 0. The minimum absolute atomic E-state index is 0.132. The molecule has 7 aromatic rings. The second-order valence-electron chi connectivity index (χ2n) is 16.7. The molecule has 4 fully saturated rings. The fraction of sp³-hybridized carbons (Fsp3) is 0.271. The maximum Gasteiger partial charge on any atom is 0.0968 e. The fourth-order valence-corrected chi connectivity index (χ4v) is 11.2. The summed E-state index contributed by atoms with van der Waals surface area (Å²) in [5.74, 6) is 2.69. The zero-order chi connectivity index (χ0) is 33.9. The molecule has 0 amide bonds. The van der Waals surface area contributed by atoms with Crippen molar-refractivity contribution in [3.63, 3.8) is 0 Å². The van der Waals surface area contributed by atoms with Crippen molar-refractivity contribution in [3.05, 3.63) is 138 Å². The van der Waals surface area contributed by atoms with Gasteiger partial charge in [0.25, 0.3) is 0 Å². The number of rotatable bonds is 4. The maximum atomic E-state index is 5.50. The molecule has 5 aliphatic rings. The Bertz CT molecular complexity index is 2510. The zero-order valence-electron chi connectivity index (χ0n) is 29.4. The lowest BCUT2D eigenvalue weighted by atomic mass is 9.49. The fourth-order valence-electron chi connectivity index (χ4n) is 11.2. The highest BCUT2D eigenvalue weighted by atomic mass is 14.8. The van der Waals surface area contributed by atoms with E-state index >= 15 is 0 Å². The first-order valence-corrected chi connectivity index (χ1v) is 18.9. The third-order valence-electron chi connectivity index (χ3n) is 13.2. The monoisotopic (exact) mass is 659 g/mol. The van der Waals surface area contributed by atoms with Crippen molar-refractivity contribution in [2.24, 2.45) is 17.8 Å². The number of pyridine rings is 3.